The number of likely N-dealkylation sites (tertiary alicyclic amines) is 1. The van der Waals surface area contributed by atoms with Gasteiger partial charge in [0.15, 0.2) is 11.9 Å². The Morgan fingerprint density at radius 3 is 1.42 bits per heavy atom. The van der Waals surface area contributed by atoms with Crippen molar-refractivity contribution in [3.8, 4) is 0 Å². The van der Waals surface area contributed by atoms with Gasteiger partial charge in [-0.1, -0.05) is 71.1 Å². The summed E-state index contributed by atoms with van der Waals surface area (Å²) in [6.07, 6.45) is 6.02. The Morgan fingerprint density at radius 1 is 0.512 bits per heavy atom. The summed E-state index contributed by atoms with van der Waals surface area (Å²) in [5.41, 5.74) is 39.5. The predicted molar refractivity (Wildman–Crippen MR) is 456 cm³/mol. The lowest BCUT2D eigenvalue weighted by Crippen LogP contribution is -2.65. The zero-order chi connectivity index (χ0) is 93.6. The number of aliphatic imine (C=N–C) groups is 2. The molecule has 45 nitrogen and oxygen atoms in total. The lowest BCUT2D eigenvalue weighted by Gasteiger charge is -2.34. The van der Waals surface area contributed by atoms with Gasteiger partial charge in [0.2, 0.25) is 100 Å². The minimum absolute atomic E-state index is 0.00425. The largest absolute Gasteiger partial charge is 0.394 e. The molecule has 1 aromatic rings. The van der Waals surface area contributed by atoms with Gasteiger partial charge in [-0.2, -0.15) is 0 Å². The number of hydrogen-bond acceptors (Lipinski definition) is 24. The maximum Gasteiger partial charge on any atom is 0.248 e. The van der Waals surface area contributed by atoms with Crippen molar-refractivity contribution in [1.82, 2.24) is 79.0 Å². The highest BCUT2D eigenvalue weighted by Gasteiger charge is 2.47. The van der Waals surface area contributed by atoms with E-state index in [1.54, 1.807) is 19.1 Å². The topological polar surface area (TPSA) is 756 Å². The number of aliphatic hydroxyl groups excluding tert-OH is 3. The molecule has 3 aliphatic rings. The van der Waals surface area contributed by atoms with E-state index < -0.39 is 222 Å². The number of rotatable bonds is 53. The molecule has 14 atom stereocenters. The second-order valence-electron chi connectivity index (χ2n) is 33.6. The molecule has 2 saturated carbocycles. The second kappa shape index (κ2) is 51.7. The number of β-amino-alcohol motifs (C(OH)–C–C–N with tert-alkyl or cyclic N) is 1. The quantitative estimate of drug-likeness (QED) is 0.0164. The first kappa shape index (κ1) is 106. The van der Waals surface area contributed by atoms with Crippen molar-refractivity contribution >= 4 is 112 Å². The highest BCUT2D eigenvalue weighted by molar-refractivity contribution is 6.03. The number of primary amides is 3. The summed E-state index contributed by atoms with van der Waals surface area (Å²) in [5.74, 6) is -17.0. The fraction of sp³-hybridized carbons (Fsp3) is 0.700. The lowest BCUT2D eigenvalue weighted by molar-refractivity contribution is -0.144. The molecule has 0 spiro atoms. The third-order valence-electron chi connectivity index (χ3n) is 22.2. The SMILES string of the molecule is CC[C@](C)(NC(=O)[C@H]1C[C@H](O)CN1C(=O)[C@H](CO)NC(C)=O)C(=O)N[C@@H](Cc1ccncc1)C(=O)N[C@@H](CC1CCCCC1)C(=O)NC(C)(C)C(=O)N[C@@H](CC(N)=O)C(=O)N[C@@H](CCCCN)C(=O)NC(C)(C)C(=O)N[C@H](C(=O)N[C@@H](CCCN=C(N)N)C(=O)N[C@@H](CCC(N)=O)C(=O)N[C@@H](CCCN=C(N)N)C(=O)N[C@@H](CC1CCCCC1)C(N)=O)[C@@H](C)O. The maximum absolute atomic E-state index is 14.9. The highest BCUT2D eigenvalue weighted by Crippen LogP contribution is 2.30. The second-order valence-corrected chi connectivity index (χ2v) is 33.6. The Balaban J connectivity index is 1.58. The molecule has 0 radical (unpaired) electrons. The van der Waals surface area contributed by atoms with Gasteiger partial charge in [-0.3, -0.25) is 96.5 Å². The third kappa shape index (κ3) is 36.3. The Kier molecular flexibility index (Phi) is 43.8. The van der Waals surface area contributed by atoms with Crippen LogP contribution in [0.3, 0.4) is 0 Å². The lowest BCUT2D eigenvalue weighted by atomic mass is 9.84. The number of nitrogens with two attached hydrogens (primary N) is 8. The van der Waals surface area contributed by atoms with Crippen molar-refractivity contribution in [2.45, 2.75) is 311 Å². The molecule has 4 rings (SSSR count). The van der Waals surface area contributed by atoms with Crippen LogP contribution in [0.25, 0.3) is 0 Å². The van der Waals surface area contributed by atoms with E-state index in [-0.39, 0.29) is 127 Å². The fourth-order valence-corrected chi connectivity index (χ4v) is 14.7. The van der Waals surface area contributed by atoms with E-state index in [1.165, 1.54) is 47.0 Å². The number of aromatic nitrogens is 1. The van der Waals surface area contributed by atoms with Crippen LogP contribution in [0, 0.1) is 11.8 Å². The number of hydrogen-bond donors (Lipinski definition) is 24. The van der Waals surface area contributed by atoms with Crippen LogP contribution in [0.15, 0.2) is 34.5 Å². The number of unbranched alkanes of at least 4 members (excludes halogenated alkanes) is 1. The normalized spacial score (nSPS) is 18.0. The van der Waals surface area contributed by atoms with Gasteiger partial charge in [0.05, 0.1) is 25.2 Å². The summed E-state index contributed by atoms with van der Waals surface area (Å²) in [7, 11) is 0. The molecule has 0 unspecified atom stereocenters. The van der Waals surface area contributed by atoms with Crippen LogP contribution >= 0.6 is 0 Å². The number of amides is 17. The van der Waals surface area contributed by atoms with Gasteiger partial charge in [0, 0.05) is 58.2 Å². The molecule has 17 amide bonds. The average molecular weight is 1770 g/mol. The van der Waals surface area contributed by atoms with Gasteiger partial charge in [-0.25, -0.2) is 0 Å². The van der Waals surface area contributed by atoms with Crippen LogP contribution in [-0.2, 0) is 87.9 Å². The number of nitrogens with one attached hydrogen (secondary N) is 13. The average Bonchev–Trinajstić information content (AvgIpc) is 1.73. The van der Waals surface area contributed by atoms with E-state index in [1.807, 2.05) is 0 Å². The molecular formula is C80H135N25O20. The summed E-state index contributed by atoms with van der Waals surface area (Å²) in [6, 6.07) is -13.8. The monoisotopic (exact) mass is 1770 g/mol. The first-order chi connectivity index (χ1) is 58.7. The van der Waals surface area contributed by atoms with Crippen LogP contribution in [0.1, 0.15) is 215 Å². The van der Waals surface area contributed by atoms with Gasteiger partial charge in [0.25, 0.3) is 0 Å². The van der Waals surface area contributed by atoms with Crippen LogP contribution < -0.4 is 115 Å². The molecule has 125 heavy (non-hydrogen) atoms. The molecule has 700 valence electrons. The zero-order valence-electron chi connectivity index (χ0n) is 72.9. The van der Waals surface area contributed by atoms with E-state index >= 15 is 0 Å². The van der Waals surface area contributed by atoms with Crippen molar-refractivity contribution in [1.29, 1.82) is 0 Å². The van der Waals surface area contributed by atoms with Crippen molar-refractivity contribution < 1.29 is 96.8 Å². The van der Waals surface area contributed by atoms with Crippen molar-refractivity contribution in [3.05, 3.63) is 30.1 Å². The maximum atomic E-state index is 14.9. The molecular weight excluding hydrogens is 1630 g/mol. The van der Waals surface area contributed by atoms with Gasteiger partial charge >= 0.3 is 0 Å². The Bertz CT molecular complexity index is 3930. The van der Waals surface area contributed by atoms with E-state index in [4.69, 9.17) is 45.9 Å². The Hall–Kier alpha value is -11.5. The molecule has 0 bridgehead atoms. The van der Waals surface area contributed by atoms with E-state index in [2.05, 4.69) is 84.1 Å². The molecule has 2 aliphatic carbocycles. The standard InChI is InChI=1S/C80H135N25O20/c1-9-80(8,104-70(120)58-39-48(109)41-105(58)72(122)57(42-106)92-44(3)108)75(125)100-54(38-47-29-34-89-35-30-47)66(116)98-55(37-46-22-14-11-15-23-46)69(119)103-78(4,5)73(123)99-56(40-60(83)111)67(117)94-51(24-16-17-31-81)68(118)102-79(6,7)74(124)101-61(43(2)107)71(121)96-50(26-19-33-91-77(87)88)63(113)95-52(27-28-59(82)110)65(115)93-49(25-18-32-90-76(85)86)64(114)97-53(62(84)112)36-45-20-12-10-13-21-45/h29-30,34-35,43,45-46,48-58,61,106-107,109H,9-28,31-33,36-42,81H2,1-8H3,(H2,82,110)(H2,83,111)(H2,84,112)(H,92,108)(H,93,115)(H,94,117)(H,95,113)(H,96,121)(H,97,114)(H,98,116)(H,99,123)(H,100,125)(H,101,124)(H,102,118)(H,103,119)(H,104,120)(H4,85,86,90)(H4,87,88,91)/t43-,48+,49+,50+,51+,52+,53+,54+,55+,56+,57+,58-,61+,80+/m1/s1. The van der Waals surface area contributed by atoms with Crippen molar-refractivity contribution in [2.24, 2.45) is 67.7 Å². The Morgan fingerprint density at radius 2 is 0.952 bits per heavy atom. The van der Waals surface area contributed by atoms with Gasteiger partial charge in [0.1, 0.15) is 83.1 Å². The fourth-order valence-electron chi connectivity index (χ4n) is 14.7. The summed E-state index contributed by atoms with van der Waals surface area (Å²) in [5, 5.41) is 64.9. The summed E-state index contributed by atoms with van der Waals surface area (Å²) >= 11 is 0. The van der Waals surface area contributed by atoms with Gasteiger partial charge in [-0.15, -0.1) is 0 Å². The minimum atomic E-state index is -2.06. The molecule has 1 aliphatic heterocycles. The number of carbonyl (C=O) groups excluding carboxylic acids is 17. The summed E-state index contributed by atoms with van der Waals surface area (Å²) in [4.78, 5) is 250. The smallest absolute Gasteiger partial charge is 0.248 e. The first-order valence-electron chi connectivity index (χ1n) is 42.6. The van der Waals surface area contributed by atoms with Gasteiger partial charge in [-0.05, 0) is 148 Å². The van der Waals surface area contributed by atoms with Crippen LogP contribution in [-0.4, -0.2) is 266 Å². The first-order valence-corrected chi connectivity index (χ1v) is 42.6. The minimum Gasteiger partial charge on any atom is -0.394 e. The van der Waals surface area contributed by atoms with Crippen molar-refractivity contribution in [2.75, 3.05) is 32.8 Å². The molecule has 2 heterocycles. The number of nitrogens with zero attached hydrogens (tertiary/aromatic N) is 4. The van der Waals surface area contributed by atoms with E-state index in [9.17, 15) is 96.8 Å². The van der Waals surface area contributed by atoms with Crippen LogP contribution in [0.5, 0.6) is 0 Å². The summed E-state index contributed by atoms with van der Waals surface area (Å²) < 4.78 is 0. The van der Waals surface area contributed by atoms with E-state index in [0.29, 0.717) is 18.4 Å². The Labute approximate surface area is 727 Å². The number of pyridine rings is 1. The zero-order valence-corrected chi connectivity index (χ0v) is 72.9. The molecule has 32 N–H and O–H groups in total. The van der Waals surface area contributed by atoms with Crippen LogP contribution in [0.4, 0.5) is 0 Å². The molecule has 0 aromatic carbocycles. The molecule has 3 fully saturated rings. The van der Waals surface area contributed by atoms with Gasteiger partial charge < -0.3 is 135 Å². The summed E-state index contributed by atoms with van der Waals surface area (Å²) in [6.45, 7) is 8.93. The molecule has 1 aromatic heterocycles. The van der Waals surface area contributed by atoms with E-state index in [0.717, 1.165) is 70.1 Å². The predicted octanol–water partition coefficient (Wildman–Crippen LogP) is -7.30. The third-order valence-corrected chi connectivity index (χ3v) is 22.2. The van der Waals surface area contributed by atoms with Crippen molar-refractivity contribution in [3.63, 3.8) is 0 Å². The number of carbonyl (C=O) groups is 17. The molecule has 1 saturated heterocycles. The number of guanidine groups is 2. The van der Waals surface area contributed by atoms with Crippen LogP contribution in [0.2, 0.25) is 0 Å². The number of aliphatic hydroxyl groups is 3. The molecule has 45 heteroatoms. The highest BCUT2D eigenvalue weighted by atomic mass is 16.3.